The molecule has 2 aromatic carbocycles. The fourth-order valence-corrected chi connectivity index (χ4v) is 2.56. The van der Waals surface area contributed by atoms with Crippen molar-refractivity contribution in [2.45, 2.75) is 45.4 Å². The highest BCUT2D eigenvalue weighted by Gasteiger charge is 2.23. The lowest BCUT2D eigenvalue weighted by molar-refractivity contribution is -0.139. The Hall–Kier alpha value is -3.55. The number of amides is 2. The van der Waals surface area contributed by atoms with Crippen LogP contribution in [0.5, 0.6) is 0 Å². The van der Waals surface area contributed by atoms with Gasteiger partial charge >= 0.3 is 18.2 Å². The Morgan fingerprint density at radius 1 is 0.967 bits per heavy atom. The van der Waals surface area contributed by atoms with Gasteiger partial charge in [0.2, 0.25) is 0 Å². The van der Waals surface area contributed by atoms with E-state index in [1.807, 2.05) is 18.2 Å². The Kier molecular flexibility index (Phi) is 7.80. The molecule has 30 heavy (non-hydrogen) atoms. The van der Waals surface area contributed by atoms with Crippen molar-refractivity contribution in [3.05, 3.63) is 65.7 Å². The number of ether oxygens (including phenoxy) is 2. The van der Waals surface area contributed by atoms with E-state index in [9.17, 15) is 19.5 Å². The first-order chi connectivity index (χ1) is 14.1. The van der Waals surface area contributed by atoms with Crippen LogP contribution >= 0.6 is 0 Å². The standard InChI is InChI=1S/C22H26N2O6/c1-22(2,3)30-21(28)23-17-12-8-7-11-16(17)13-18(19(25)26)24-20(27)29-14-15-9-5-4-6-10-15/h4-12,18H,13-14H2,1-3H3,(H,23,28)(H,24,27)(H,25,26)/t18-/m0/s1. The maximum absolute atomic E-state index is 12.1. The average Bonchev–Trinajstić information content (AvgIpc) is 2.66. The van der Waals surface area contributed by atoms with Crippen molar-refractivity contribution in [3.8, 4) is 0 Å². The van der Waals surface area contributed by atoms with Crippen molar-refractivity contribution < 1.29 is 29.0 Å². The number of hydrogen-bond donors (Lipinski definition) is 3. The molecule has 2 aromatic rings. The van der Waals surface area contributed by atoms with Gasteiger partial charge in [-0.3, -0.25) is 5.32 Å². The Bertz CT molecular complexity index is 877. The number of carbonyl (C=O) groups is 3. The van der Waals surface area contributed by atoms with Crippen LogP contribution in [0.2, 0.25) is 0 Å². The number of anilines is 1. The quantitative estimate of drug-likeness (QED) is 0.632. The van der Waals surface area contributed by atoms with Crippen molar-refractivity contribution in [2.75, 3.05) is 5.32 Å². The van der Waals surface area contributed by atoms with Gasteiger partial charge in [0.1, 0.15) is 18.2 Å². The van der Waals surface area contributed by atoms with E-state index in [2.05, 4.69) is 10.6 Å². The van der Waals surface area contributed by atoms with Crippen molar-refractivity contribution >= 4 is 23.8 Å². The minimum atomic E-state index is -1.24. The van der Waals surface area contributed by atoms with Gasteiger partial charge in [-0.2, -0.15) is 0 Å². The third-order valence-corrected chi connectivity index (χ3v) is 3.88. The normalized spacial score (nSPS) is 11.8. The van der Waals surface area contributed by atoms with E-state index in [1.165, 1.54) is 0 Å². The highest BCUT2D eigenvalue weighted by Crippen LogP contribution is 2.19. The molecule has 8 heteroatoms. The number of aliphatic carboxylic acids is 1. The SMILES string of the molecule is CC(C)(C)OC(=O)Nc1ccccc1C[C@H](NC(=O)OCc1ccccc1)C(=O)O. The second-order valence-corrected chi connectivity index (χ2v) is 7.59. The number of nitrogens with one attached hydrogen (secondary N) is 2. The molecule has 0 bridgehead atoms. The van der Waals surface area contributed by atoms with E-state index in [-0.39, 0.29) is 13.0 Å². The number of rotatable bonds is 7. The lowest BCUT2D eigenvalue weighted by atomic mass is 10.0. The van der Waals surface area contributed by atoms with E-state index in [4.69, 9.17) is 9.47 Å². The Morgan fingerprint density at radius 3 is 2.23 bits per heavy atom. The van der Waals surface area contributed by atoms with Crippen LogP contribution in [-0.2, 0) is 27.3 Å². The summed E-state index contributed by atoms with van der Waals surface area (Å²) >= 11 is 0. The first-order valence-corrected chi connectivity index (χ1v) is 9.42. The molecule has 1 atom stereocenters. The van der Waals surface area contributed by atoms with Gasteiger partial charge in [-0.15, -0.1) is 0 Å². The number of carboxylic acids is 1. The monoisotopic (exact) mass is 414 g/mol. The Morgan fingerprint density at radius 2 is 1.60 bits per heavy atom. The molecule has 8 nitrogen and oxygen atoms in total. The number of benzene rings is 2. The van der Waals surface area contributed by atoms with Gasteiger partial charge in [0.05, 0.1) is 0 Å². The van der Waals surface area contributed by atoms with Gasteiger partial charge < -0.3 is 19.9 Å². The third-order valence-electron chi connectivity index (χ3n) is 3.88. The highest BCUT2D eigenvalue weighted by atomic mass is 16.6. The van der Waals surface area contributed by atoms with Crippen LogP contribution in [0.4, 0.5) is 15.3 Å². The molecular formula is C22H26N2O6. The van der Waals surface area contributed by atoms with Crippen LogP contribution in [-0.4, -0.2) is 34.9 Å². The molecule has 2 rings (SSSR count). The van der Waals surface area contributed by atoms with Crippen LogP contribution in [0, 0.1) is 0 Å². The van der Waals surface area contributed by atoms with Crippen LogP contribution in [0.1, 0.15) is 31.9 Å². The highest BCUT2D eigenvalue weighted by molar-refractivity contribution is 5.86. The number of carboxylic acid groups (broad SMARTS) is 1. The molecule has 0 fully saturated rings. The molecule has 160 valence electrons. The molecule has 3 N–H and O–H groups in total. The molecule has 0 radical (unpaired) electrons. The van der Waals surface area contributed by atoms with E-state index in [0.717, 1.165) is 5.56 Å². The van der Waals surface area contributed by atoms with Crippen LogP contribution < -0.4 is 10.6 Å². The van der Waals surface area contributed by atoms with E-state index in [1.54, 1.807) is 57.2 Å². The molecule has 0 aliphatic rings. The summed E-state index contributed by atoms with van der Waals surface area (Å²) in [6, 6.07) is 14.5. The summed E-state index contributed by atoms with van der Waals surface area (Å²) in [4.78, 5) is 35.8. The lowest BCUT2D eigenvalue weighted by Crippen LogP contribution is -2.42. The average molecular weight is 414 g/mol. The maximum Gasteiger partial charge on any atom is 0.412 e. The summed E-state index contributed by atoms with van der Waals surface area (Å²) < 4.78 is 10.3. The smallest absolute Gasteiger partial charge is 0.412 e. The summed E-state index contributed by atoms with van der Waals surface area (Å²) in [6.07, 6.45) is -1.55. The second kappa shape index (κ2) is 10.3. The molecule has 0 unspecified atom stereocenters. The van der Waals surface area contributed by atoms with Crippen molar-refractivity contribution in [1.29, 1.82) is 0 Å². The summed E-state index contributed by atoms with van der Waals surface area (Å²) in [6.45, 7) is 5.24. The maximum atomic E-state index is 12.1. The summed E-state index contributed by atoms with van der Waals surface area (Å²) in [7, 11) is 0. The zero-order chi connectivity index (χ0) is 22.1. The number of hydrogen-bond acceptors (Lipinski definition) is 5. The van der Waals surface area contributed by atoms with Crippen molar-refractivity contribution in [3.63, 3.8) is 0 Å². The molecule has 0 saturated heterocycles. The first-order valence-electron chi connectivity index (χ1n) is 9.42. The number of carbonyl (C=O) groups excluding carboxylic acids is 2. The largest absolute Gasteiger partial charge is 0.480 e. The molecule has 0 spiro atoms. The fraction of sp³-hybridized carbons (Fsp3) is 0.318. The van der Waals surface area contributed by atoms with E-state index < -0.39 is 29.8 Å². The fourth-order valence-electron chi connectivity index (χ4n) is 2.56. The number of alkyl carbamates (subject to hydrolysis) is 1. The topological polar surface area (TPSA) is 114 Å². The Balaban J connectivity index is 2.01. The molecular weight excluding hydrogens is 388 g/mol. The van der Waals surface area contributed by atoms with E-state index >= 15 is 0 Å². The minimum Gasteiger partial charge on any atom is -0.480 e. The van der Waals surface area contributed by atoms with Gasteiger partial charge in [0, 0.05) is 12.1 Å². The third kappa shape index (κ3) is 7.83. The summed E-state index contributed by atoms with van der Waals surface area (Å²) in [5.74, 6) is -1.22. The van der Waals surface area contributed by atoms with Crippen molar-refractivity contribution in [2.24, 2.45) is 0 Å². The summed E-state index contributed by atoms with van der Waals surface area (Å²) in [5, 5.41) is 14.5. The molecule has 0 saturated carbocycles. The van der Waals surface area contributed by atoms with E-state index in [0.29, 0.717) is 11.3 Å². The minimum absolute atomic E-state index is 0.0236. The van der Waals surface area contributed by atoms with Gasteiger partial charge in [-0.25, -0.2) is 14.4 Å². The summed E-state index contributed by atoms with van der Waals surface area (Å²) in [5.41, 5.74) is 1.04. The van der Waals surface area contributed by atoms with Gasteiger partial charge in [-0.05, 0) is 38.0 Å². The zero-order valence-corrected chi connectivity index (χ0v) is 17.2. The first kappa shape index (κ1) is 22.7. The predicted octanol–water partition coefficient (Wildman–Crippen LogP) is 3.96. The van der Waals surface area contributed by atoms with Gasteiger partial charge in [0.25, 0.3) is 0 Å². The predicted molar refractivity (Wildman–Crippen MR) is 111 cm³/mol. The van der Waals surface area contributed by atoms with Crippen molar-refractivity contribution in [1.82, 2.24) is 5.32 Å². The molecule has 0 aromatic heterocycles. The molecule has 0 aliphatic carbocycles. The molecule has 2 amide bonds. The zero-order valence-electron chi connectivity index (χ0n) is 17.2. The number of para-hydroxylation sites is 1. The van der Waals surface area contributed by atoms with Gasteiger partial charge in [0.15, 0.2) is 0 Å². The van der Waals surface area contributed by atoms with Crippen LogP contribution in [0.3, 0.4) is 0 Å². The lowest BCUT2D eigenvalue weighted by Gasteiger charge is -2.21. The van der Waals surface area contributed by atoms with Crippen LogP contribution in [0.15, 0.2) is 54.6 Å². The molecule has 0 heterocycles. The molecule has 0 aliphatic heterocycles. The second-order valence-electron chi connectivity index (χ2n) is 7.59. The van der Waals surface area contributed by atoms with Gasteiger partial charge in [-0.1, -0.05) is 48.5 Å². The van der Waals surface area contributed by atoms with Crippen LogP contribution in [0.25, 0.3) is 0 Å². The Labute approximate surface area is 175 Å².